The predicted octanol–water partition coefficient (Wildman–Crippen LogP) is 1.000. The minimum absolute atomic E-state index is 0.199. The third kappa shape index (κ3) is 3.25. The van der Waals surface area contributed by atoms with Crippen molar-refractivity contribution in [2.45, 2.75) is 26.7 Å². The Hall–Kier alpha value is -0.130. The Kier molecular flexibility index (Phi) is 3.70. The van der Waals surface area contributed by atoms with Crippen LogP contribution in [0.15, 0.2) is 0 Å². The first-order valence-electron chi connectivity index (χ1n) is 4.66. The Bertz CT molecular complexity index is 242. The molecule has 0 amide bonds. The summed E-state index contributed by atoms with van der Waals surface area (Å²) in [5.41, 5.74) is 0. The van der Waals surface area contributed by atoms with Gasteiger partial charge in [0.25, 0.3) is 0 Å². The molecule has 1 aliphatic rings. The smallest absolute Gasteiger partial charge is 0.236 e. The quantitative estimate of drug-likeness (QED) is 0.691. The van der Waals surface area contributed by atoms with Crippen molar-refractivity contribution in [3.8, 4) is 0 Å². The molecule has 0 spiro atoms. The second-order valence-electron chi connectivity index (χ2n) is 3.71. The van der Waals surface area contributed by atoms with Crippen molar-refractivity contribution in [1.29, 1.82) is 0 Å². The predicted molar refractivity (Wildman–Crippen MR) is 50.5 cm³/mol. The molecular formula is C8H17NO3S. The van der Waals surface area contributed by atoms with Gasteiger partial charge in [-0.2, -0.15) is 0 Å². The Morgan fingerprint density at radius 2 is 2.15 bits per heavy atom. The molecule has 0 radical (unpaired) electrons. The highest BCUT2D eigenvalue weighted by molar-refractivity contribution is 7.88. The maximum absolute atomic E-state index is 11.5. The summed E-state index contributed by atoms with van der Waals surface area (Å²) in [5, 5.41) is 0. The van der Waals surface area contributed by atoms with Gasteiger partial charge in [-0.15, -0.1) is 0 Å². The second-order valence-corrected chi connectivity index (χ2v) is 5.69. The summed E-state index contributed by atoms with van der Waals surface area (Å²) in [7, 11) is -3.14. The van der Waals surface area contributed by atoms with Gasteiger partial charge in [0, 0.05) is 6.54 Å². The molecule has 0 aromatic rings. The fourth-order valence-electron chi connectivity index (χ4n) is 1.13. The van der Waals surface area contributed by atoms with E-state index in [2.05, 4.69) is 0 Å². The number of nitrogens with zero attached hydrogens (tertiary/aromatic N) is 1. The van der Waals surface area contributed by atoms with Crippen LogP contribution >= 0.6 is 0 Å². The third-order valence-electron chi connectivity index (χ3n) is 1.98. The Balaban J connectivity index is 2.45. The topological polar surface area (TPSA) is 46.6 Å². The molecule has 0 bridgehead atoms. The van der Waals surface area contributed by atoms with Crippen LogP contribution in [0, 0.1) is 5.92 Å². The van der Waals surface area contributed by atoms with Crippen molar-refractivity contribution in [3.05, 3.63) is 0 Å². The summed E-state index contributed by atoms with van der Waals surface area (Å²) < 4.78 is 24.2. The molecule has 4 nitrogen and oxygen atoms in total. The minimum Gasteiger partial charge on any atom is -0.284 e. The molecule has 1 aliphatic heterocycles. The van der Waals surface area contributed by atoms with E-state index in [0.29, 0.717) is 25.5 Å². The van der Waals surface area contributed by atoms with Crippen LogP contribution in [-0.2, 0) is 14.9 Å². The van der Waals surface area contributed by atoms with E-state index in [4.69, 9.17) is 4.84 Å². The summed E-state index contributed by atoms with van der Waals surface area (Å²) >= 11 is 0. The third-order valence-corrected chi connectivity index (χ3v) is 3.64. The number of hydrogen-bond acceptors (Lipinski definition) is 3. The fraction of sp³-hybridized carbons (Fsp3) is 1.00. The van der Waals surface area contributed by atoms with Crippen LogP contribution in [0.5, 0.6) is 0 Å². The molecule has 1 fully saturated rings. The molecule has 0 aromatic carbocycles. The summed E-state index contributed by atoms with van der Waals surface area (Å²) in [6.07, 6.45) is 1.50. The van der Waals surface area contributed by atoms with E-state index in [-0.39, 0.29) is 5.75 Å². The van der Waals surface area contributed by atoms with Gasteiger partial charge in [-0.3, -0.25) is 4.84 Å². The zero-order valence-corrected chi connectivity index (χ0v) is 9.01. The van der Waals surface area contributed by atoms with Gasteiger partial charge in [-0.1, -0.05) is 18.3 Å². The highest BCUT2D eigenvalue weighted by Crippen LogP contribution is 2.13. The van der Waals surface area contributed by atoms with Gasteiger partial charge in [0.15, 0.2) is 0 Å². The van der Waals surface area contributed by atoms with Crippen molar-refractivity contribution < 1.29 is 13.3 Å². The van der Waals surface area contributed by atoms with Gasteiger partial charge < -0.3 is 0 Å². The van der Waals surface area contributed by atoms with Crippen molar-refractivity contribution >= 4 is 10.0 Å². The molecule has 1 saturated heterocycles. The number of hydroxylamine groups is 1. The molecule has 13 heavy (non-hydrogen) atoms. The van der Waals surface area contributed by atoms with E-state index < -0.39 is 10.0 Å². The maximum atomic E-state index is 11.5. The van der Waals surface area contributed by atoms with Gasteiger partial charge in [-0.05, 0) is 18.8 Å². The summed E-state index contributed by atoms with van der Waals surface area (Å²) in [4.78, 5) is 5.00. The summed E-state index contributed by atoms with van der Waals surface area (Å²) in [6.45, 7) is 5.07. The van der Waals surface area contributed by atoms with Crippen LogP contribution in [0.3, 0.4) is 0 Å². The van der Waals surface area contributed by atoms with E-state index in [1.165, 1.54) is 0 Å². The first-order chi connectivity index (χ1) is 6.02. The van der Waals surface area contributed by atoms with Crippen LogP contribution in [-0.4, -0.2) is 31.8 Å². The van der Waals surface area contributed by atoms with Gasteiger partial charge in [0.05, 0.1) is 12.4 Å². The zero-order valence-electron chi connectivity index (χ0n) is 8.19. The maximum Gasteiger partial charge on any atom is 0.236 e. The molecule has 0 saturated carbocycles. The zero-order chi connectivity index (χ0) is 9.90. The molecule has 0 N–H and O–H groups in total. The van der Waals surface area contributed by atoms with Crippen molar-refractivity contribution in [3.63, 3.8) is 0 Å². The molecule has 5 heteroatoms. The number of hydrogen-bond donors (Lipinski definition) is 0. The van der Waals surface area contributed by atoms with Gasteiger partial charge in [0.2, 0.25) is 10.0 Å². The van der Waals surface area contributed by atoms with E-state index in [1.807, 2.05) is 13.8 Å². The van der Waals surface area contributed by atoms with E-state index in [9.17, 15) is 8.42 Å². The standard InChI is InChI=1S/C8H17NO3S/c1-8(2)4-7-13(10,11)9-5-3-6-12-9/h8H,3-7H2,1-2H3. The van der Waals surface area contributed by atoms with Crippen molar-refractivity contribution in [2.75, 3.05) is 18.9 Å². The molecule has 1 rings (SSSR count). The lowest BCUT2D eigenvalue weighted by Crippen LogP contribution is -2.29. The molecule has 1 heterocycles. The Labute approximate surface area is 79.9 Å². The van der Waals surface area contributed by atoms with Crippen LogP contribution in [0.25, 0.3) is 0 Å². The Morgan fingerprint density at radius 1 is 1.46 bits per heavy atom. The first kappa shape index (κ1) is 10.9. The lowest BCUT2D eigenvalue weighted by Gasteiger charge is -2.14. The van der Waals surface area contributed by atoms with Crippen molar-refractivity contribution in [1.82, 2.24) is 4.47 Å². The molecule has 0 aliphatic carbocycles. The summed E-state index contributed by atoms with van der Waals surface area (Å²) in [6, 6.07) is 0. The van der Waals surface area contributed by atoms with Gasteiger partial charge >= 0.3 is 0 Å². The highest BCUT2D eigenvalue weighted by atomic mass is 32.2. The van der Waals surface area contributed by atoms with Gasteiger partial charge in [0.1, 0.15) is 0 Å². The lowest BCUT2D eigenvalue weighted by molar-refractivity contribution is -0.0284. The average molecular weight is 207 g/mol. The van der Waals surface area contributed by atoms with Crippen LogP contribution in [0.4, 0.5) is 0 Å². The molecule has 0 atom stereocenters. The van der Waals surface area contributed by atoms with E-state index >= 15 is 0 Å². The highest BCUT2D eigenvalue weighted by Gasteiger charge is 2.26. The molecular weight excluding hydrogens is 190 g/mol. The lowest BCUT2D eigenvalue weighted by atomic mass is 10.2. The van der Waals surface area contributed by atoms with Crippen LogP contribution in [0.2, 0.25) is 0 Å². The first-order valence-corrected chi connectivity index (χ1v) is 6.26. The Morgan fingerprint density at radius 3 is 2.62 bits per heavy atom. The summed E-state index contributed by atoms with van der Waals surface area (Å²) in [5.74, 6) is 0.613. The van der Waals surface area contributed by atoms with E-state index in [1.54, 1.807) is 0 Å². The minimum atomic E-state index is -3.14. The van der Waals surface area contributed by atoms with Gasteiger partial charge in [-0.25, -0.2) is 8.42 Å². The molecule has 0 unspecified atom stereocenters. The monoisotopic (exact) mass is 207 g/mol. The number of sulfonamides is 1. The number of rotatable bonds is 4. The van der Waals surface area contributed by atoms with Crippen LogP contribution < -0.4 is 0 Å². The fourth-order valence-corrected chi connectivity index (χ4v) is 2.75. The second kappa shape index (κ2) is 4.39. The SMILES string of the molecule is CC(C)CCS(=O)(=O)N1CCCO1. The average Bonchev–Trinajstić information content (AvgIpc) is 2.53. The molecule has 0 aromatic heterocycles. The van der Waals surface area contributed by atoms with Crippen molar-refractivity contribution in [2.24, 2.45) is 5.92 Å². The molecule has 78 valence electrons. The van der Waals surface area contributed by atoms with E-state index in [0.717, 1.165) is 10.9 Å². The van der Waals surface area contributed by atoms with Crippen LogP contribution in [0.1, 0.15) is 26.7 Å². The largest absolute Gasteiger partial charge is 0.284 e. The normalized spacial score (nSPS) is 19.9.